The molecule has 1 N–H and O–H groups in total. The van der Waals surface area contributed by atoms with Crippen LogP contribution < -0.4 is 9.03 Å². The van der Waals surface area contributed by atoms with Crippen molar-refractivity contribution < 1.29 is 16.8 Å². The van der Waals surface area contributed by atoms with Crippen LogP contribution in [0.1, 0.15) is 28.1 Å². The lowest BCUT2D eigenvalue weighted by atomic mass is 10.0. The van der Waals surface area contributed by atoms with Crippen LogP contribution in [0.25, 0.3) is 0 Å². The quantitative estimate of drug-likeness (QED) is 0.602. The molecule has 0 saturated carbocycles. The van der Waals surface area contributed by atoms with Gasteiger partial charge in [0.05, 0.1) is 15.5 Å². The lowest BCUT2D eigenvalue weighted by Gasteiger charge is -2.31. The summed E-state index contributed by atoms with van der Waals surface area (Å²) in [5, 5.41) is 8.45. The van der Waals surface area contributed by atoms with Gasteiger partial charge in [0, 0.05) is 6.54 Å². The molecule has 31 heavy (non-hydrogen) atoms. The highest BCUT2D eigenvalue weighted by Crippen LogP contribution is 2.35. The molecule has 4 rings (SSSR count). The molecule has 0 saturated heterocycles. The molecule has 0 spiro atoms. The van der Waals surface area contributed by atoms with Crippen molar-refractivity contribution in [3.63, 3.8) is 0 Å². The first-order valence-corrected chi connectivity index (χ1v) is 13.4. The second-order valence-corrected chi connectivity index (χ2v) is 12.2. The third kappa shape index (κ3) is 4.17. The molecule has 164 valence electrons. The lowest BCUT2D eigenvalue weighted by Crippen LogP contribution is -2.36. The smallest absolute Gasteiger partial charge is 0.264 e. The van der Waals surface area contributed by atoms with Crippen molar-refractivity contribution in [2.24, 2.45) is 0 Å². The van der Waals surface area contributed by atoms with Crippen molar-refractivity contribution in [2.45, 2.75) is 43.4 Å². The highest BCUT2D eigenvalue weighted by Gasteiger charge is 2.31. The molecule has 3 aromatic rings. The molecule has 11 heteroatoms. The molecule has 0 amide bonds. The van der Waals surface area contributed by atoms with Crippen molar-refractivity contribution in [3.8, 4) is 0 Å². The molecule has 1 aromatic heterocycles. The second kappa shape index (κ2) is 7.88. The minimum atomic E-state index is -3.86. The predicted molar refractivity (Wildman–Crippen MR) is 121 cm³/mol. The maximum absolute atomic E-state index is 13.4. The molecule has 0 unspecified atom stereocenters. The molecule has 0 radical (unpaired) electrons. The average molecular weight is 479 g/mol. The second-order valence-electron chi connectivity index (χ2n) is 7.47. The Balaban J connectivity index is 1.71. The summed E-state index contributed by atoms with van der Waals surface area (Å²) in [5.41, 5.74) is 2.73. The van der Waals surface area contributed by atoms with E-state index < -0.39 is 20.0 Å². The van der Waals surface area contributed by atoms with Crippen LogP contribution in [-0.2, 0) is 26.5 Å². The highest BCUT2D eigenvalue weighted by atomic mass is 32.2. The number of benzene rings is 2. The Labute approximate surface area is 186 Å². The van der Waals surface area contributed by atoms with Gasteiger partial charge < -0.3 is 0 Å². The standard InChI is InChI=1S/C20H22N4O4S3/c1-13-6-7-14(2)19(11-13)31(27,28)24-10-4-5-16-12-17(8-9-18(16)24)30(25,26)23-20-22-21-15(3)29-20/h6-9,11-12H,4-5,10H2,1-3H3,(H,22,23). The van der Waals surface area contributed by atoms with Crippen molar-refractivity contribution in [1.82, 2.24) is 10.2 Å². The van der Waals surface area contributed by atoms with Gasteiger partial charge in [-0.2, -0.15) is 0 Å². The van der Waals surface area contributed by atoms with Gasteiger partial charge in [-0.1, -0.05) is 23.5 Å². The predicted octanol–water partition coefficient (Wildman–Crippen LogP) is 3.41. The van der Waals surface area contributed by atoms with Gasteiger partial charge in [-0.3, -0.25) is 9.03 Å². The Hall–Kier alpha value is -2.50. The number of aromatic nitrogens is 2. The lowest BCUT2D eigenvalue weighted by molar-refractivity contribution is 0.586. The van der Waals surface area contributed by atoms with E-state index in [-0.39, 0.29) is 14.9 Å². The van der Waals surface area contributed by atoms with Crippen molar-refractivity contribution >= 4 is 42.2 Å². The van der Waals surface area contributed by atoms with Gasteiger partial charge >= 0.3 is 0 Å². The summed E-state index contributed by atoms with van der Waals surface area (Å²) in [5.74, 6) is 0. The zero-order valence-electron chi connectivity index (χ0n) is 17.3. The van der Waals surface area contributed by atoms with Crippen LogP contribution in [0.2, 0.25) is 0 Å². The van der Waals surface area contributed by atoms with E-state index in [4.69, 9.17) is 0 Å². The highest BCUT2D eigenvalue weighted by molar-refractivity contribution is 7.93. The van der Waals surface area contributed by atoms with E-state index in [1.54, 1.807) is 32.0 Å². The number of fused-ring (bicyclic) bond motifs is 1. The fourth-order valence-electron chi connectivity index (χ4n) is 3.57. The van der Waals surface area contributed by atoms with Gasteiger partial charge in [-0.15, -0.1) is 10.2 Å². The molecule has 2 heterocycles. The Bertz CT molecular complexity index is 1360. The van der Waals surface area contributed by atoms with Crippen molar-refractivity contribution in [2.75, 3.05) is 15.6 Å². The van der Waals surface area contributed by atoms with Gasteiger partial charge in [0.25, 0.3) is 20.0 Å². The summed E-state index contributed by atoms with van der Waals surface area (Å²) in [7, 11) is -7.63. The zero-order valence-corrected chi connectivity index (χ0v) is 19.7. The molecule has 0 fully saturated rings. The van der Waals surface area contributed by atoms with Crippen LogP contribution in [-0.4, -0.2) is 33.6 Å². The van der Waals surface area contributed by atoms with Gasteiger partial charge in [0.2, 0.25) is 5.13 Å². The van der Waals surface area contributed by atoms with E-state index in [1.807, 2.05) is 13.0 Å². The largest absolute Gasteiger partial charge is 0.266 e. The maximum Gasteiger partial charge on any atom is 0.264 e. The van der Waals surface area contributed by atoms with Crippen LogP contribution in [0.3, 0.4) is 0 Å². The topological polar surface area (TPSA) is 109 Å². The Morgan fingerprint density at radius 3 is 2.48 bits per heavy atom. The van der Waals surface area contributed by atoms with E-state index >= 15 is 0 Å². The number of hydrogen-bond acceptors (Lipinski definition) is 7. The third-order valence-electron chi connectivity index (χ3n) is 5.10. The fourth-order valence-corrected chi connectivity index (χ4v) is 7.30. The number of nitrogens with one attached hydrogen (secondary N) is 1. The molecule has 1 aliphatic rings. The summed E-state index contributed by atoms with van der Waals surface area (Å²) >= 11 is 1.14. The Morgan fingerprint density at radius 1 is 1.00 bits per heavy atom. The number of anilines is 2. The van der Waals surface area contributed by atoms with E-state index in [0.717, 1.165) is 16.9 Å². The molecular weight excluding hydrogens is 456 g/mol. The molecule has 2 aromatic carbocycles. The minimum absolute atomic E-state index is 0.0603. The monoisotopic (exact) mass is 478 g/mol. The summed E-state index contributed by atoms with van der Waals surface area (Å²) in [4.78, 5) is 0.329. The van der Waals surface area contributed by atoms with E-state index in [1.165, 1.54) is 16.4 Å². The van der Waals surface area contributed by atoms with Crippen molar-refractivity contribution in [3.05, 3.63) is 58.1 Å². The third-order valence-corrected chi connectivity index (χ3v) is 9.27. The summed E-state index contributed by atoms with van der Waals surface area (Å²) in [6.45, 7) is 5.70. The summed E-state index contributed by atoms with van der Waals surface area (Å²) in [6.07, 6.45) is 1.19. The summed E-state index contributed by atoms with van der Waals surface area (Å²) in [6, 6.07) is 9.87. The maximum atomic E-state index is 13.4. The average Bonchev–Trinajstić information content (AvgIpc) is 3.12. The van der Waals surface area contributed by atoms with Crippen LogP contribution in [0.4, 0.5) is 10.8 Å². The van der Waals surface area contributed by atoms with E-state index in [2.05, 4.69) is 14.9 Å². The van der Waals surface area contributed by atoms with Crippen LogP contribution in [0.5, 0.6) is 0 Å². The molecular formula is C20H22N4O4S3. The summed E-state index contributed by atoms with van der Waals surface area (Å²) < 4.78 is 56.2. The zero-order chi connectivity index (χ0) is 22.4. The molecule has 0 aliphatic carbocycles. The minimum Gasteiger partial charge on any atom is -0.266 e. The van der Waals surface area contributed by atoms with E-state index in [0.29, 0.717) is 41.2 Å². The first-order valence-electron chi connectivity index (χ1n) is 9.64. The van der Waals surface area contributed by atoms with Crippen molar-refractivity contribution in [1.29, 1.82) is 0 Å². The van der Waals surface area contributed by atoms with Crippen LogP contribution in [0.15, 0.2) is 46.2 Å². The molecule has 8 nitrogen and oxygen atoms in total. The normalized spacial score (nSPS) is 14.4. The number of sulfonamides is 2. The van der Waals surface area contributed by atoms with E-state index in [9.17, 15) is 16.8 Å². The van der Waals surface area contributed by atoms with Gasteiger partial charge in [-0.05, 0) is 74.6 Å². The first-order chi connectivity index (χ1) is 14.6. The van der Waals surface area contributed by atoms with Crippen LogP contribution in [0, 0.1) is 20.8 Å². The molecule has 0 atom stereocenters. The number of hydrogen-bond donors (Lipinski definition) is 1. The molecule has 1 aliphatic heterocycles. The molecule has 0 bridgehead atoms. The Kier molecular flexibility index (Phi) is 5.52. The van der Waals surface area contributed by atoms with Gasteiger partial charge in [0.15, 0.2) is 0 Å². The fraction of sp³-hybridized carbons (Fsp3) is 0.300. The van der Waals surface area contributed by atoms with Gasteiger partial charge in [-0.25, -0.2) is 16.8 Å². The van der Waals surface area contributed by atoms with Crippen LogP contribution >= 0.6 is 11.3 Å². The number of nitrogens with zero attached hydrogens (tertiary/aromatic N) is 3. The first kappa shape index (κ1) is 21.7. The Morgan fingerprint density at radius 2 is 1.77 bits per heavy atom. The SMILES string of the molecule is Cc1ccc(C)c(S(=O)(=O)N2CCCc3cc(S(=O)(=O)Nc4nnc(C)s4)ccc32)c1. The number of aryl methyl sites for hydroxylation is 4. The number of rotatable bonds is 5. The van der Waals surface area contributed by atoms with Gasteiger partial charge in [0.1, 0.15) is 5.01 Å².